The molecule has 2 N–H and O–H groups in total. The zero-order valence-corrected chi connectivity index (χ0v) is 20.0. The molecular weight excluding hydrogens is 471 g/mol. The molecule has 2 aliphatic rings. The first-order chi connectivity index (χ1) is 15.4. The Labute approximate surface area is 198 Å². The Hall–Kier alpha value is -1.97. The molecule has 2 aromatic heterocycles. The van der Waals surface area contributed by atoms with Gasteiger partial charge in [0.25, 0.3) is 11.5 Å². The summed E-state index contributed by atoms with van der Waals surface area (Å²) in [6.45, 7) is 4.10. The number of hydrogen-bond acceptors (Lipinski definition) is 6. The van der Waals surface area contributed by atoms with Crippen molar-refractivity contribution in [3.05, 3.63) is 59.9 Å². The average molecular weight is 493 g/mol. The molecule has 0 bridgehead atoms. The molecule has 4 heterocycles. The van der Waals surface area contributed by atoms with Crippen LogP contribution in [0, 0.1) is 12.8 Å². The summed E-state index contributed by atoms with van der Waals surface area (Å²) in [7, 11) is 1.64. The van der Waals surface area contributed by atoms with Gasteiger partial charge in [0.2, 0.25) is 0 Å². The SMILES string of the molecule is COC(c1cc(Cl)c2c(c1Cl)C(=O)N(Cc1c(=O)[nH]c(C)c3scnc13)CC2)C1CNC1. The molecule has 0 aliphatic carbocycles. The molecule has 1 saturated heterocycles. The summed E-state index contributed by atoms with van der Waals surface area (Å²) in [5, 5.41) is 4.15. The van der Waals surface area contributed by atoms with Gasteiger partial charge in [-0.1, -0.05) is 23.2 Å². The van der Waals surface area contributed by atoms with E-state index < -0.39 is 0 Å². The molecule has 3 aromatic rings. The zero-order chi connectivity index (χ0) is 22.6. The molecule has 1 fully saturated rings. The summed E-state index contributed by atoms with van der Waals surface area (Å²) in [6.07, 6.45) is 0.316. The van der Waals surface area contributed by atoms with Gasteiger partial charge in [-0.3, -0.25) is 9.59 Å². The molecule has 5 rings (SSSR count). The summed E-state index contributed by atoms with van der Waals surface area (Å²) in [6, 6.07) is 1.83. The Balaban J connectivity index is 1.54. The molecule has 0 spiro atoms. The normalized spacial score (nSPS) is 17.5. The number of aromatic nitrogens is 2. The second kappa shape index (κ2) is 8.43. The zero-order valence-electron chi connectivity index (χ0n) is 17.6. The van der Waals surface area contributed by atoms with Crippen molar-refractivity contribution in [2.24, 2.45) is 5.92 Å². The van der Waals surface area contributed by atoms with Gasteiger partial charge in [0.05, 0.1) is 44.5 Å². The van der Waals surface area contributed by atoms with Gasteiger partial charge in [0.1, 0.15) is 0 Å². The number of H-pyrrole nitrogens is 1. The number of carbonyl (C=O) groups excluding carboxylic acids is 1. The number of rotatable bonds is 5. The molecule has 0 saturated carbocycles. The van der Waals surface area contributed by atoms with Crippen molar-refractivity contribution < 1.29 is 9.53 Å². The monoisotopic (exact) mass is 492 g/mol. The van der Waals surface area contributed by atoms with Crippen LogP contribution in [0.2, 0.25) is 10.0 Å². The molecule has 0 radical (unpaired) electrons. The highest BCUT2D eigenvalue weighted by molar-refractivity contribution is 7.16. The van der Waals surface area contributed by atoms with Crippen LogP contribution < -0.4 is 10.9 Å². The van der Waals surface area contributed by atoms with Crippen molar-refractivity contribution in [3.8, 4) is 0 Å². The minimum Gasteiger partial charge on any atom is -0.376 e. The van der Waals surface area contributed by atoms with Crippen LogP contribution >= 0.6 is 34.5 Å². The first kappa shape index (κ1) is 21.9. The van der Waals surface area contributed by atoms with Gasteiger partial charge in [0, 0.05) is 48.9 Å². The maximum atomic E-state index is 13.6. The maximum absolute atomic E-state index is 13.6. The Bertz CT molecular complexity index is 1280. The predicted octanol–water partition coefficient (Wildman–Crippen LogP) is 3.71. The lowest BCUT2D eigenvalue weighted by atomic mass is 9.87. The molecule has 7 nitrogen and oxygen atoms in total. The van der Waals surface area contributed by atoms with Crippen molar-refractivity contribution in [2.75, 3.05) is 26.7 Å². The summed E-state index contributed by atoms with van der Waals surface area (Å²) in [4.78, 5) is 35.2. The van der Waals surface area contributed by atoms with Gasteiger partial charge >= 0.3 is 0 Å². The molecule has 1 atom stereocenters. The van der Waals surface area contributed by atoms with E-state index in [4.69, 9.17) is 27.9 Å². The van der Waals surface area contributed by atoms with Gasteiger partial charge in [-0.2, -0.15) is 0 Å². The topological polar surface area (TPSA) is 87.3 Å². The molecule has 2 aliphatic heterocycles. The number of ether oxygens (including phenoxy) is 1. The smallest absolute Gasteiger partial charge is 0.256 e. The number of fused-ring (bicyclic) bond motifs is 2. The minimum absolute atomic E-state index is 0.159. The predicted molar refractivity (Wildman–Crippen MR) is 126 cm³/mol. The minimum atomic E-state index is -0.246. The Kier molecular flexibility index (Phi) is 5.75. The van der Waals surface area contributed by atoms with Crippen LogP contribution in [0.1, 0.15) is 38.8 Å². The molecule has 168 valence electrons. The number of hydrogen-bond donors (Lipinski definition) is 2. The van der Waals surface area contributed by atoms with E-state index in [0.29, 0.717) is 39.7 Å². The Morgan fingerprint density at radius 3 is 2.81 bits per heavy atom. The van der Waals surface area contributed by atoms with Gasteiger partial charge in [0.15, 0.2) is 0 Å². The van der Waals surface area contributed by atoms with E-state index in [2.05, 4.69) is 15.3 Å². The first-order valence-corrected chi connectivity index (χ1v) is 12.0. The molecule has 32 heavy (non-hydrogen) atoms. The third-order valence-electron chi connectivity index (χ3n) is 6.40. The fraction of sp³-hybridized carbons (Fsp3) is 0.409. The van der Waals surface area contributed by atoms with Crippen molar-refractivity contribution >= 4 is 50.7 Å². The lowest BCUT2D eigenvalue weighted by Gasteiger charge is -2.36. The molecule has 1 aromatic carbocycles. The van der Waals surface area contributed by atoms with Crippen LogP contribution in [-0.4, -0.2) is 47.5 Å². The summed E-state index contributed by atoms with van der Waals surface area (Å²) in [5.74, 6) is 0.0374. The quantitative estimate of drug-likeness (QED) is 0.566. The van der Waals surface area contributed by atoms with E-state index in [1.54, 1.807) is 17.5 Å². The van der Waals surface area contributed by atoms with E-state index in [1.165, 1.54) is 11.3 Å². The maximum Gasteiger partial charge on any atom is 0.256 e. The Morgan fingerprint density at radius 1 is 1.34 bits per heavy atom. The number of nitrogens with zero attached hydrogens (tertiary/aromatic N) is 2. The number of thiazole rings is 1. The molecule has 10 heteroatoms. The number of benzene rings is 1. The number of aromatic amines is 1. The van der Waals surface area contributed by atoms with Crippen LogP contribution in [0.5, 0.6) is 0 Å². The lowest BCUT2D eigenvalue weighted by molar-refractivity contribution is 0.0292. The number of carbonyl (C=O) groups is 1. The van der Waals surface area contributed by atoms with Crippen LogP contribution in [0.4, 0.5) is 0 Å². The average Bonchev–Trinajstić information content (AvgIpc) is 3.22. The van der Waals surface area contributed by atoms with Crippen molar-refractivity contribution in [1.29, 1.82) is 0 Å². The number of halogens is 2. The van der Waals surface area contributed by atoms with Crippen LogP contribution in [-0.2, 0) is 17.7 Å². The van der Waals surface area contributed by atoms with Crippen molar-refractivity contribution in [3.63, 3.8) is 0 Å². The Morgan fingerprint density at radius 2 is 2.12 bits per heavy atom. The number of aryl methyl sites for hydroxylation is 1. The second-order valence-electron chi connectivity index (χ2n) is 8.25. The third kappa shape index (κ3) is 3.45. The largest absolute Gasteiger partial charge is 0.376 e. The fourth-order valence-electron chi connectivity index (χ4n) is 4.59. The molecule has 1 unspecified atom stereocenters. The van der Waals surface area contributed by atoms with Crippen LogP contribution in [0.15, 0.2) is 16.4 Å². The highest BCUT2D eigenvalue weighted by atomic mass is 35.5. The van der Waals surface area contributed by atoms with Crippen LogP contribution in [0.25, 0.3) is 10.2 Å². The first-order valence-electron chi connectivity index (χ1n) is 10.4. The summed E-state index contributed by atoms with van der Waals surface area (Å²) in [5.41, 5.74) is 5.28. The highest BCUT2D eigenvalue weighted by Crippen LogP contribution is 2.41. The van der Waals surface area contributed by atoms with Crippen LogP contribution in [0.3, 0.4) is 0 Å². The summed E-state index contributed by atoms with van der Waals surface area (Å²) < 4.78 is 6.65. The van der Waals surface area contributed by atoms with E-state index in [9.17, 15) is 9.59 Å². The molecular formula is C22H22Cl2N4O3S. The fourth-order valence-corrected chi connectivity index (χ4v) is 6.03. The van der Waals surface area contributed by atoms with E-state index >= 15 is 0 Å². The standard InChI is InChI=1S/C22H22Cl2N4O3S/c1-10-20-18(26-9-32-20)14(21(29)27-10)8-28-4-3-12-15(23)5-13(17(24)16(12)22(28)30)19(31-2)11-6-25-7-11/h5,9,11,19,25H,3-4,6-8H2,1-2H3,(H,27,29). The summed E-state index contributed by atoms with van der Waals surface area (Å²) >= 11 is 14.9. The molecule has 1 amide bonds. The van der Waals surface area contributed by atoms with E-state index in [0.717, 1.165) is 34.6 Å². The van der Waals surface area contributed by atoms with Gasteiger partial charge in [-0.15, -0.1) is 11.3 Å². The van der Waals surface area contributed by atoms with Crippen molar-refractivity contribution in [1.82, 2.24) is 20.2 Å². The number of nitrogens with one attached hydrogen (secondary N) is 2. The second-order valence-corrected chi connectivity index (χ2v) is 9.89. The number of amides is 1. The lowest BCUT2D eigenvalue weighted by Crippen LogP contribution is -2.46. The number of pyridine rings is 1. The van der Waals surface area contributed by atoms with Gasteiger partial charge in [-0.05, 0) is 25.0 Å². The van der Waals surface area contributed by atoms with E-state index in [-0.39, 0.29) is 30.0 Å². The number of methoxy groups -OCH3 is 1. The highest BCUT2D eigenvalue weighted by Gasteiger charge is 2.35. The van der Waals surface area contributed by atoms with Crippen molar-refractivity contribution in [2.45, 2.75) is 26.0 Å². The third-order valence-corrected chi connectivity index (χ3v) is 8.09. The van der Waals surface area contributed by atoms with Gasteiger partial charge in [-0.25, -0.2) is 4.98 Å². The van der Waals surface area contributed by atoms with Gasteiger partial charge < -0.3 is 19.9 Å². The van der Waals surface area contributed by atoms with E-state index in [1.807, 2.05) is 13.0 Å².